The summed E-state index contributed by atoms with van der Waals surface area (Å²) in [7, 11) is 1.67. The molecule has 0 saturated carbocycles. The molecule has 0 aliphatic heterocycles. The summed E-state index contributed by atoms with van der Waals surface area (Å²) in [6, 6.07) is 12.0. The third-order valence-electron chi connectivity index (χ3n) is 3.23. The van der Waals surface area contributed by atoms with Crippen molar-refractivity contribution < 1.29 is 4.74 Å². The van der Waals surface area contributed by atoms with Crippen LogP contribution in [0.2, 0.25) is 0 Å². The maximum absolute atomic E-state index is 5.41. The number of nitrogens with zero attached hydrogens (tertiary/aromatic N) is 1. The van der Waals surface area contributed by atoms with Gasteiger partial charge < -0.3 is 10.1 Å². The molecule has 0 saturated heterocycles. The highest BCUT2D eigenvalue weighted by molar-refractivity contribution is 7.80. The zero-order valence-electron chi connectivity index (χ0n) is 12.7. The number of ether oxygens (including phenoxy) is 1. The van der Waals surface area contributed by atoms with Gasteiger partial charge in [-0.2, -0.15) is 5.10 Å². The van der Waals surface area contributed by atoms with E-state index >= 15 is 0 Å². The predicted octanol–water partition coefficient (Wildman–Crippen LogP) is 3.22. The Kier molecular flexibility index (Phi) is 5.49. The Bertz CT molecular complexity index is 725. The third-order valence-corrected chi connectivity index (χ3v) is 3.46. The van der Waals surface area contributed by atoms with Gasteiger partial charge in [0.05, 0.1) is 12.8 Å². The van der Waals surface area contributed by atoms with Crippen LogP contribution in [0.15, 0.2) is 54.2 Å². The molecule has 0 aliphatic carbocycles. The molecule has 0 radical (unpaired) electrons. The van der Waals surface area contributed by atoms with E-state index in [1.165, 1.54) is 0 Å². The van der Waals surface area contributed by atoms with Crippen LogP contribution in [0.3, 0.4) is 0 Å². The Balaban J connectivity index is 2.30. The quantitative estimate of drug-likeness (QED) is 0.385. The molecule has 0 aromatic heterocycles. The van der Waals surface area contributed by atoms with Crippen molar-refractivity contribution >= 4 is 33.8 Å². The second-order valence-corrected chi connectivity index (χ2v) is 5.08. The maximum atomic E-state index is 5.41. The molecular formula is C17H19N3OS. The minimum atomic E-state index is 0.470. The van der Waals surface area contributed by atoms with Gasteiger partial charge in [-0.3, -0.25) is 5.43 Å². The van der Waals surface area contributed by atoms with Gasteiger partial charge in [0.15, 0.2) is 5.11 Å². The van der Waals surface area contributed by atoms with E-state index in [4.69, 9.17) is 17.0 Å². The van der Waals surface area contributed by atoms with Crippen molar-refractivity contribution in [2.75, 3.05) is 13.7 Å². The molecule has 0 aliphatic rings. The van der Waals surface area contributed by atoms with E-state index in [-0.39, 0.29) is 0 Å². The van der Waals surface area contributed by atoms with Gasteiger partial charge in [-0.25, -0.2) is 0 Å². The van der Waals surface area contributed by atoms with Gasteiger partial charge in [0.2, 0.25) is 0 Å². The number of benzene rings is 2. The largest absolute Gasteiger partial charge is 0.496 e. The van der Waals surface area contributed by atoms with Crippen molar-refractivity contribution in [3.63, 3.8) is 0 Å². The molecule has 114 valence electrons. The molecule has 0 heterocycles. The number of hydrazone groups is 1. The smallest absolute Gasteiger partial charge is 0.187 e. The zero-order valence-corrected chi connectivity index (χ0v) is 13.5. The molecule has 2 N–H and O–H groups in total. The number of nitrogens with one attached hydrogen (secondary N) is 2. The SMILES string of the molecule is C=CCNC(=S)N/N=C(/C)c1ccc(OC)c2ccccc12. The first-order chi connectivity index (χ1) is 10.7. The fourth-order valence-electron chi connectivity index (χ4n) is 2.16. The van der Waals surface area contributed by atoms with Crippen LogP contribution in [0, 0.1) is 0 Å². The third kappa shape index (κ3) is 3.62. The highest BCUT2D eigenvalue weighted by atomic mass is 32.1. The zero-order chi connectivity index (χ0) is 15.9. The topological polar surface area (TPSA) is 45.7 Å². The first kappa shape index (κ1) is 16.0. The number of rotatable bonds is 5. The van der Waals surface area contributed by atoms with Gasteiger partial charge in [-0.15, -0.1) is 6.58 Å². The molecule has 2 aromatic rings. The summed E-state index contributed by atoms with van der Waals surface area (Å²) in [4.78, 5) is 0. The van der Waals surface area contributed by atoms with Crippen molar-refractivity contribution in [3.8, 4) is 5.75 Å². The van der Waals surface area contributed by atoms with E-state index in [0.717, 1.165) is 27.8 Å². The highest BCUT2D eigenvalue weighted by Gasteiger charge is 2.08. The first-order valence-corrected chi connectivity index (χ1v) is 7.33. The summed E-state index contributed by atoms with van der Waals surface area (Å²) in [5.41, 5.74) is 4.72. The number of fused-ring (bicyclic) bond motifs is 1. The van der Waals surface area contributed by atoms with Gasteiger partial charge in [0.1, 0.15) is 5.75 Å². The van der Waals surface area contributed by atoms with Crippen LogP contribution in [0.25, 0.3) is 10.8 Å². The monoisotopic (exact) mass is 313 g/mol. The lowest BCUT2D eigenvalue weighted by Crippen LogP contribution is -2.32. The lowest BCUT2D eigenvalue weighted by molar-refractivity contribution is 0.420. The van der Waals surface area contributed by atoms with Crippen LogP contribution in [0.4, 0.5) is 0 Å². The summed E-state index contributed by atoms with van der Waals surface area (Å²) >= 11 is 5.13. The average molecular weight is 313 g/mol. The van der Waals surface area contributed by atoms with Crippen LogP contribution in [0.5, 0.6) is 5.75 Å². The van der Waals surface area contributed by atoms with Gasteiger partial charge in [-0.1, -0.05) is 30.3 Å². The second-order valence-electron chi connectivity index (χ2n) is 4.67. The lowest BCUT2D eigenvalue weighted by atomic mass is 10.0. The molecule has 2 aromatic carbocycles. The summed E-state index contributed by atoms with van der Waals surface area (Å²) in [5.74, 6) is 0.850. The molecule has 0 bridgehead atoms. The number of hydrogen-bond donors (Lipinski definition) is 2. The average Bonchev–Trinajstić information content (AvgIpc) is 2.56. The normalized spacial score (nSPS) is 11.1. The molecular weight excluding hydrogens is 294 g/mol. The Morgan fingerprint density at radius 1 is 1.27 bits per heavy atom. The lowest BCUT2D eigenvalue weighted by Gasteiger charge is -2.11. The molecule has 0 atom stereocenters. The number of thiocarbonyl (C=S) groups is 1. The van der Waals surface area contributed by atoms with Gasteiger partial charge in [0.25, 0.3) is 0 Å². The molecule has 2 rings (SSSR count). The van der Waals surface area contributed by atoms with Gasteiger partial charge in [-0.05, 0) is 36.7 Å². The molecule has 0 spiro atoms. The Morgan fingerprint density at radius 2 is 2.00 bits per heavy atom. The minimum absolute atomic E-state index is 0.470. The summed E-state index contributed by atoms with van der Waals surface area (Å²) in [5, 5.41) is 9.93. The van der Waals surface area contributed by atoms with E-state index in [1.807, 2.05) is 37.3 Å². The standard InChI is InChI=1S/C17H19N3OS/c1-4-11-18-17(22)20-19-12(2)13-9-10-16(21-3)15-8-6-5-7-14(13)15/h4-10H,1,11H2,2-3H3,(H2,18,20,22)/b19-12-. The van der Waals surface area contributed by atoms with E-state index < -0.39 is 0 Å². The van der Waals surface area contributed by atoms with Crippen molar-refractivity contribution in [1.82, 2.24) is 10.7 Å². The summed E-state index contributed by atoms with van der Waals surface area (Å²) in [6.45, 7) is 6.17. The van der Waals surface area contributed by atoms with Crippen molar-refractivity contribution in [3.05, 3.63) is 54.6 Å². The Morgan fingerprint density at radius 3 is 2.68 bits per heavy atom. The van der Waals surface area contributed by atoms with E-state index in [0.29, 0.717) is 11.7 Å². The van der Waals surface area contributed by atoms with Crippen molar-refractivity contribution in [2.45, 2.75) is 6.92 Å². The van der Waals surface area contributed by atoms with Crippen LogP contribution in [-0.4, -0.2) is 24.5 Å². The number of hydrogen-bond acceptors (Lipinski definition) is 3. The molecule has 0 fully saturated rings. The first-order valence-electron chi connectivity index (χ1n) is 6.92. The Labute approximate surface area is 135 Å². The fraction of sp³-hybridized carbons (Fsp3) is 0.176. The molecule has 0 unspecified atom stereocenters. The summed E-state index contributed by atoms with van der Waals surface area (Å²) in [6.07, 6.45) is 1.74. The highest BCUT2D eigenvalue weighted by Crippen LogP contribution is 2.28. The van der Waals surface area contributed by atoms with Crippen LogP contribution < -0.4 is 15.5 Å². The van der Waals surface area contributed by atoms with Gasteiger partial charge in [0, 0.05) is 17.5 Å². The minimum Gasteiger partial charge on any atom is -0.496 e. The Hall–Kier alpha value is -2.40. The van der Waals surface area contributed by atoms with Crippen LogP contribution in [0.1, 0.15) is 12.5 Å². The maximum Gasteiger partial charge on any atom is 0.187 e. The van der Waals surface area contributed by atoms with Crippen molar-refractivity contribution in [2.24, 2.45) is 5.10 Å². The summed E-state index contributed by atoms with van der Waals surface area (Å²) < 4.78 is 5.41. The fourth-order valence-corrected chi connectivity index (χ4v) is 2.29. The van der Waals surface area contributed by atoms with E-state index in [2.05, 4.69) is 28.5 Å². The van der Waals surface area contributed by atoms with E-state index in [9.17, 15) is 0 Å². The molecule has 0 amide bonds. The van der Waals surface area contributed by atoms with Crippen LogP contribution >= 0.6 is 12.2 Å². The van der Waals surface area contributed by atoms with E-state index in [1.54, 1.807) is 13.2 Å². The van der Waals surface area contributed by atoms with Crippen molar-refractivity contribution in [1.29, 1.82) is 0 Å². The molecule has 5 heteroatoms. The molecule has 4 nitrogen and oxygen atoms in total. The van der Waals surface area contributed by atoms with Crippen LogP contribution in [-0.2, 0) is 0 Å². The second kappa shape index (κ2) is 7.56. The molecule has 22 heavy (non-hydrogen) atoms. The van der Waals surface area contributed by atoms with Gasteiger partial charge >= 0.3 is 0 Å². The number of methoxy groups -OCH3 is 1. The predicted molar refractivity (Wildman–Crippen MR) is 96.6 cm³/mol.